The average molecular weight is 543 g/mol. The molecule has 9 aromatic rings. The summed E-state index contributed by atoms with van der Waals surface area (Å²) < 4.78 is 5.39. The number of hydrogen-bond acceptors (Lipinski definition) is 2. The van der Waals surface area contributed by atoms with Crippen LogP contribution in [0.25, 0.3) is 84.1 Å². The molecule has 0 spiro atoms. The third-order valence-corrected chi connectivity index (χ3v) is 10.5. The lowest BCUT2D eigenvalue weighted by atomic mass is 9.98. The van der Waals surface area contributed by atoms with Crippen molar-refractivity contribution >= 4 is 84.6 Å². The zero-order valence-corrected chi connectivity index (χ0v) is 23.2. The molecule has 0 saturated heterocycles. The number of benzene rings is 7. The van der Waals surface area contributed by atoms with Crippen molar-refractivity contribution in [2.75, 3.05) is 0 Å². The molecule has 0 aliphatic carbocycles. The number of thiophene rings is 2. The molecule has 0 aliphatic rings. The first-order valence-corrected chi connectivity index (χ1v) is 15.2. The zero-order chi connectivity index (χ0) is 26.2. The second-order valence-electron chi connectivity index (χ2n) is 10.6. The van der Waals surface area contributed by atoms with Gasteiger partial charge in [0.1, 0.15) is 0 Å². The van der Waals surface area contributed by atoms with Gasteiger partial charge in [0, 0.05) is 40.3 Å². The molecule has 0 unspecified atom stereocenters. The van der Waals surface area contributed by atoms with Gasteiger partial charge in [-0.05, 0) is 80.2 Å². The molecule has 0 bridgehead atoms. The van der Waals surface area contributed by atoms with Gasteiger partial charge in [0.15, 0.2) is 0 Å². The van der Waals surface area contributed by atoms with Crippen LogP contribution in [0.5, 0.6) is 0 Å². The van der Waals surface area contributed by atoms with Gasteiger partial charge in [-0.25, -0.2) is 0 Å². The fraction of sp³-hybridized carbons (Fsp3) is 0. The number of rotatable bonds is 2. The predicted molar refractivity (Wildman–Crippen MR) is 178 cm³/mol. The zero-order valence-electron chi connectivity index (χ0n) is 21.5. The molecule has 0 aliphatic heterocycles. The summed E-state index contributed by atoms with van der Waals surface area (Å²) in [7, 11) is 0. The van der Waals surface area contributed by atoms with Crippen LogP contribution in [0.3, 0.4) is 0 Å². The van der Waals surface area contributed by atoms with Crippen LogP contribution in [0.4, 0.5) is 0 Å². The van der Waals surface area contributed by atoms with Gasteiger partial charge in [0.2, 0.25) is 0 Å². The van der Waals surface area contributed by atoms with E-state index in [-0.39, 0.29) is 0 Å². The molecule has 0 amide bonds. The Morgan fingerprint density at radius 3 is 1.05 bits per heavy atom. The Morgan fingerprint density at radius 1 is 0.275 bits per heavy atom. The molecule has 2 heterocycles. The molecule has 186 valence electrons. The summed E-state index contributed by atoms with van der Waals surface area (Å²) in [5.74, 6) is 0. The highest BCUT2D eigenvalue weighted by atomic mass is 32.1. The monoisotopic (exact) mass is 542 g/mol. The Balaban J connectivity index is 1.08. The summed E-state index contributed by atoms with van der Waals surface area (Å²) in [5.41, 5.74) is 5.04. The van der Waals surface area contributed by atoms with Crippen molar-refractivity contribution in [3.05, 3.63) is 133 Å². The molecule has 0 atom stereocenters. The lowest BCUT2D eigenvalue weighted by Crippen LogP contribution is -1.81. The Kier molecular flexibility index (Phi) is 4.74. The normalized spacial score (nSPS) is 12.0. The summed E-state index contributed by atoms with van der Waals surface area (Å²) in [5, 5.41) is 10.6. The van der Waals surface area contributed by atoms with Crippen LogP contribution in [0, 0.1) is 0 Å². The molecular formula is C38H22S2. The molecule has 2 aromatic heterocycles. The molecule has 9 rings (SSSR count). The third-order valence-electron chi connectivity index (χ3n) is 8.23. The van der Waals surface area contributed by atoms with E-state index in [4.69, 9.17) is 0 Å². The maximum absolute atomic E-state index is 2.35. The molecule has 0 saturated carbocycles. The topological polar surface area (TPSA) is 0 Å². The molecule has 0 fully saturated rings. The van der Waals surface area contributed by atoms with Gasteiger partial charge in [-0.3, -0.25) is 0 Å². The smallest absolute Gasteiger partial charge is 0.0361 e. The second kappa shape index (κ2) is 8.50. The van der Waals surface area contributed by atoms with Crippen LogP contribution in [-0.2, 0) is 0 Å². The summed E-state index contributed by atoms with van der Waals surface area (Å²) >= 11 is 3.78. The summed E-state index contributed by atoms with van der Waals surface area (Å²) in [6, 6.07) is 49.5. The lowest BCUT2D eigenvalue weighted by molar-refractivity contribution is 1.63. The van der Waals surface area contributed by atoms with E-state index in [0.29, 0.717) is 0 Å². The fourth-order valence-electron chi connectivity index (χ4n) is 6.14. The first-order valence-electron chi connectivity index (χ1n) is 13.6. The molecule has 2 heteroatoms. The van der Waals surface area contributed by atoms with Crippen molar-refractivity contribution in [2.24, 2.45) is 0 Å². The van der Waals surface area contributed by atoms with Crippen LogP contribution in [0.1, 0.15) is 0 Å². The van der Waals surface area contributed by atoms with E-state index >= 15 is 0 Å². The van der Waals surface area contributed by atoms with Crippen molar-refractivity contribution in [1.29, 1.82) is 0 Å². The molecule has 0 radical (unpaired) electrons. The average Bonchev–Trinajstić information content (AvgIpc) is 3.54. The minimum absolute atomic E-state index is 1.25. The Hall–Kier alpha value is -4.50. The van der Waals surface area contributed by atoms with E-state index in [1.54, 1.807) is 0 Å². The highest BCUT2D eigenvalue weighted by Gasteiger charge is 2.11. The standard InChI is InChI=1S/C38H22S2/c1-3-7-27-19-37-33(17-25(27)5-1)31-15-13-29(21-35(31)39-37)23-9-11-24(12-10-23)30-14-16-32-34-18-26-6-2-4-8-28(26)20-38(34)40-36(32)22-30/h1-22H. The van der Waals surface area contributed by atoms with Crippen molar-refractivity contribution in [2.45, 2.75) is 0 Å². The Bertz CT molecular complexity index is 2250. The van der Waals surface area contributed by atoms with Crippen molar-refractivity contribution in [3.8, 4) is 22.3 Å². The first kappa shape index (κ1) is 22.3. The SMILES string of the molecule is c1ccc2cc3c(cc2c1)sc1cc(-c2ccc(-c4ccc5c(c4)sc4cc6ccccc6cc45)cc2)ccc13. The maximum atomic E-state index is 2.35. The maximum Gasteiger partial charge on any atom is 0.0361 e. The lowest BCUT2D eigenvalue weighted by Gasteiger charge is -2.06. The van der Waals surface area contributed by atoms with Gasteiger partial charge in [-0.15, -0.1) is 22.7 Å². The largest absolute Gasteiger partial charge is 0.135 e. The Labute approximate surface area is 239 Å². The van der Waals surface area contributed by atoms with E-state index < -0.39 is 0 Å². The van der Waals surface area contributed by atoms with Gasteiger partial charge >= 0.3 is 0 Å². The van der Waals surface area contributed by atoms with E-state index in [0.717, 1.165) is 0 Å². The van der Waals surface area contributed by atoms with Gasteiger partial charge in [0.25, 0.3) is 0 Å². The van der Waals surface area contributed by atoms with E-state index in [1.807, 2.05) is 22.7 Å². The minimum atomic E-state index is 1.25. The molecule has 7 aromatic carbocycles. The van der Waals surface area contributed by atoms with Gasteiger partial charge < -0.3 is 0 Å². The van der Waals surface area contributed by atoms with Crippen molar-refractivity contribution < 1.29 is 0 Å². The van der Waals surface area contributed by atoms with Crippen LogP contribution in [-0.4, -0.2) is 0 Å². The predicted octanol–water partition coefficient (Wildman–Crippen LogP) is 12.1. The number of fused-ring (bicyclic) bond motifs is 8. The van der Waals surface area contributed by atoms with E-state index in [9.17, 15) is 0 Å². The van der Waals surface area contributed by atoms with Crippen LogP contribution in [0.15, 0.2) is 133 Å². The Morgan fingerprint density at radius 2 is 0.625 bits per heavy atom. The second-order valence-corrected chi connectivity index (χ2v) is 12.8. The first-order chi connectivity index (χ1) is 19.8. The third kappa shape index (κ3) is 3.43. The van der Waals surface area contributed by atoms with E-state index in [1.165, 1.54) is 84.1 Å². The highest BCUT2D eigenvalue weighted by Crippen LogP contribution is 2.40. The molecule has 0 N–H and O–H groups in total. The summed E-state index contributed by atoms with van der Waals surface area (Å²) in [6.45, 7) is 0. The minimum Gasteiger partial charge on any atom is -0.135 e. The van der Waals surface area contributed by atoms with Crippen molar-refractivity contribution in [1.82, 2.24) is 0 Å². The van der Waals surface area contributed by atoms with E-state index in [2.05, 4.69) is 133 Å². The molecule has 40 heavy (non-hydrogen) atoms. The summed E-state index contributed by atoms with van der Waals surface area (Å²) in [6.07, 6.45) is 0. The molecular weight excluding hydrogens is 521 g/mol. The highest BCUT2D eigenvalue weighted by molar-refractivity contribution is 7.26. The van der Waals surface area contributed by atoms with Gasteiger partial charge in [-0.2, -0.15) is 0 Å². The van der Waals surface area contributed by atoms with Crippen molar-refractivity contribution in [3.63, 3.8) is 0 Å². The van der Waals surface area contributed by atoms with Crippen LogP contribution >= 0.6 is 22.7 Å². The van der Waals surface area contributed by atoms with Crippen LogP contribution in [0.2, 0.25) is 0 Å². The quantitative estimate of drug-likeness (QED) is 0.204. The van der Waals surface area contributed by atoms with Crippen LogP contribution < -0.4 is 0 Å². The molecule has 0 nitrogen and oxygen atoms in total. The fourth-order valence-corrected chi connectivity index (χ4v) is 8.49. The summed E-state index contributed by atoms with van der Waals surface area (Å²) in [4.78, 5) is 0. The van der Waals surface area contributed by atoms with Gasteiger partial charge in [-0.1, -0.05) is 97.1 Å². The number of hydrogen-bond donors (Lipinski definition) is 0. The van der Waals surface area contributed by atoms with Gasteiger partial charge in [0.05, 0.1) is 0 Å².